The summed E-state index contributed by atoms with van der Waals surface area (Å²) in [5, 5.41) is 0. The molecule has 2 aliphatic heterocycles. The van der Waals surface area contributed by atoms with E-state index in [1.807, 2.05) is 0 Å². The quantitative estimate of drug-likeness (QED) is 0.435. The SMILES string of the molecule is C=C(C)C(=O)OCC(=O)OCC1C2CC3CC(C2)OC(=O)C1C3. The van der Waals surface area contributed by atoms with E-state index in [1.54, 1.807) is 0 Å². The van der Waals surface area contributed by atoms with Gasteiger partial charge in [-0.25, -0.2) is 9.59 Å². The van der Waals surface area contributed by atoms with E-state index in [4.69, 9.17) is 14.2 Å². The van der Waals surface area contributed by atoms with Gasteiger partial charge >= 0.3 is 17.9 Å². The van der Waals surface area contributed by atoms with Gasteiger partial charge in [0.1, 0.15) is 6.10 Å². The van der Waals surface area contributed by atoms with Crippen LogP contribution < -0.4 is 0 Å². The molecule has 2 heterocycles. The fraction of sp³-hybridized carbons (Fsp3) is 0.706. The highest BCUT2D eigenvalue weighted by molar-refractivity contribution is 5.88. The number of carbonyl (C=O) groups excluding carboxylic acids is 3. The summed E-state index contributed by atoms with van der Waals surface area (Å²) in [4.78, 5) is 35.1. The van der Waals surface area contributed by atoms with Crippen molar-refractivity contribution in [3.05, 3.63) is 12.2 Å². The van der Waals surface area contributed by atoms with Gasteiger partial charge in [0.15, 0.2) is 6.61 Å². The van der Waals surface area contributed by atoms with Crippen LogP contribution in [0.5, 0.6) is 0 Å². The van der Waals surface area contributed by atoms with E-state index in [-0.39, 0.29) is 36.1 Å². The van der Waals surface area contributed by atoms with Gasteiger partial charge < -0.3 is 14.2 Å². The molecule has 2 aliphatic carbocycles. The molecule has 4 aliphatic rings. The van der Waals surface area contributed by atoms with Gasteiger partial charge in [0.2, 0.25) is 0 Å². The van der Waals surface area contributed by atoms with Gasteiger partial charge in [-0.2, -0.15) is 0 Å². The zero-order chi connectivity index (χ0) is 16.6. The largest absolute Gasteiger partial charge is 0.463 e. The second-order valence-electron chi connectivity index (χ2n) is 6.94. The Labute approximate surface area is 135 Å². The molecule has 0 aromatic rings. The molecule has 0 N–H and O–H groups in total. The first kappa shape index (κ1) is 16.0. The second kappa shape index (κ2) is 6.34. The number of ether oxygens (including phenoxy) is 3. The molecule has 2 saturated carbocycles. The topological polar surface area (TPSA) is 78.9 Å². The van der Waals surface area contributed by atoms with Crippen molar-refractivity contribution in [2.24, 2.45) is 23.7 Å². The lowest BCUT2D eigenvalue weighted by atomic mass is 9.62. The second-order valence-corrected chi connectivity index (χ2v) is 6.94. The Hall–Kier alpha value is -1.85. The van der Waals surface area contributed by atoms with E-state index in [0.29, 0.717) is 11.8 Å². The van der Waals surface area contributed by atoms with E-state index in [1.165, 1.54) is 6.92 Å². The molecule has 5 unspecified atom stereocenters. The Morgan fingerprint density at radius 1 is 1.22 bits per heavy atom. The highest BCUT2D eigenvalue weighted by atomic mass is 16.6. The molecular formula is C17H22O6. The number of esters is 3. The van der Waals surface area contributed by atoms with Crippen LogP contribution in [0.2, 0.25) is 0 Å². The maximum Gasteiger partial charge on any atom is 0.344 e. The van der Waals surface area contributed by atoms with Crippen LogP contribution in [0.15, 0.2) is 12.2 Å². The van der Waals surface area contributed by atoms with Gasteiger partial charge in [0.25, 0.3) is 0 Å². The van der Waals surface area contributed by atoms with Crippen molar-refractivity contribution >= 4 is 17.9 Å². The molecule has 4 bridgehead atoms. The van der Waals surface area contributed by atoms with Crippen LogP contribution in [0.4, 0.5) is 0 Å². The van der Waals surface area contributed by atoms with Gasteiger partial charge in [-0.3, -0.25) is 4.79 Å². The molecule has 6 nitrogen and oxygen atoms in total. The summed E-state index contributed by atoms with van der Waals surface area (Å²) < 4.78 is 15.5. The van der Waals surface area contributed by atoms with Crippen LogP contribution in [0.1, 0.15) is 32.6 Å². The molecule has 4 fully saturated rings. The smallest absolute Gasteiger partial charge is 0.344 e. The predicted octanol–water partition coefficient (Wildman–Crippen LogP) is 1.63. The fourth-order valence-electron chi connectivity index (χ4n) is 4.18. The molecule has 4 rings (SSSR count). The molecule has 0 spiro atoms. The van der Waals surface area contributed by atoms with E-state index >= 15 is 0 Å². The fourth-order valence-corrected chi connectivity index (χ4v) is 4.18. The van der Waals surface area contributed by atoms with Crippen LogP contribution in [-0.4, -0.2) is 37.2 Å². The molecule has 0 aromatic heterocycles. The standard InChI is InChI=1S/C17H22O6/c1-9(2)16(19)22-8-15(18)21-7-14-11-3-10-4-12(6-11)23-17(20)13(14)5-10/h10-14H,1,3-8H2,2H3. The lowest BCUT2D eigenvalue weighted by Crippen LogP contribution is -2.40. The highest BCUT2D eigenvalue weighted by Gasteiger charge is 2.50. The Morgan fingerprint density at radius 2 is 2.00 bits per heavy atom. The number of fused-ring (bicyclic) bond motifs is 1. The minimum absolute atomic E-state index is 0.0184. The summed E-state index contributed by atoms with van der Waals surface area (Å²) in [5.41, 5.74) is 0.234. The predicted molar refractivity (Wildman–Crippen MR) is 79.0 cm³/mol. The van der Waals surface area contributed by atoms with Crippen molar-refractivity contribution in [1.82, 2.24) is 0 Å². The molecule has 126 valence electrons. The molecular weight excluding hydrogens is 300 g/mol. The summed E-state index contributed by atoms with van der Waals surface area (Å²) in [6.07, 6.45) is 3.79. The summed E-state index contributed by atoms with van der Waals surface area (Å²) in [6.45, 7) is 4.71. The molecule has 0 radical (unpaired) electrons. The lowest BCUT2D eigenvalue weighted by molar-refractivity contribution is -0.160. The first-order valence-corrected chi connectivity index (χ1v) is 8.12. The minimum atomic E-state index is -0.614. The summed E-state index contributed by atoms with van der Waals surface area (Å²) in [7, 11) is 0. The van der Waals surface area contributed by atoms with Crippen LogP contribution in [0, 0.1) is 23.7 Å². The summed E-state index contributed by atoms with van der Waals surface area (Å²) in [5.74, 6) is -0.581. The van der Waals surface area contributed by atoms with E-state index in [9.17, 15) is 14.4 Å². The van der Waals surface area contributed by atoms with Crippen LogP contribution in [0.25, 0.3) is 0 Å². The third kappa shape index (κ3) is 3.41. The molecule has 5 atom stereocenters. The molecule has 0 amide bonds. The van der Waals surface area contributed by atoms with Crippen molar-refractivity contribution in [2.45, 2.75) is 38.7 Å². The first-order valence-electron chi connectivity index (χ1n) is 8.12. The van der Waals surface area contributed by atoms with Crippen molar-refractivity contribution in [3.8, 4) is 0 Å². The number of hydrogen-bond donors (Lipinski definition) is 0. The maximum absolute atomic E-state index is 12.2. The van der Waals surface area contributed by atoms with Gasteiger partial charge in [-0.05, 0) is 44.4 Å². The normalized spacial score (nSPS) is 34.5. The van der Waals surface area contributed by atoms with Crippen LogP contribution in [0.3, 0.4) is 0 Å². The number of hydrogen-bond acceptors (Lipinski definition) is 6. The van der Waals surface area contributed by atoms with Crippen molar-refractivity contribution in [3.63, 3.8) is 0 Å². The van der Waals surface area contributed by atoms with Crippen LogP contribution >= 0.6 is 0 Å². The third-order valence-corrected chi connectivity index (χ3v) is 5.20. The van der Waals surface area contributed by atoms with Gasteiger partial charge in [-0.15, -0.1) is 0 Å². The number of carbonyl (C=O) groups is 3. The number of rotatable bonds is 5. The van der Waals surface area contributed by atoms with E-state index in [0.717, 1.165) is 25.7 Å². The lowest BCUT2D eigenvalue weighted by Gasteiger charge is -2.41. The maximum atomic E-state index is 12.2. The Morgan fingerprint density at radius 3 is 2.74 bits per heavy atom. The third-order valence-electron chi connectivity index (χ3n) is 5.20. The first-order chi connectivity index (χ1) is 10.9. The van der Waals surface area contributed by atoms with Crippen LogP contribution in [-0.2, 0) is 28.6 Å². The zero-order valence-electron chi connectivity index (χ0n) is 13.3. The Bertz CT molecular complexity index is 539. The summed E-state index contributed by atoms with van der Waals surface area (Å²) in [6, 6.07) is 0. The average molecular weight is 322 g/mol. The molecule has 23 heavy (non-hydrogen) atoms. The molecule has 6 heteroatoms. The van der Waals surface area contributed by atoms with Gasteiger partial charge in [-0.1, -0.05) is 6.58 Å². The van der Waals surface area contributed by atoms with E-state index in [2.05, 4.69) is 6.58 Å². The van der Waals surface area contributed by atoms with Gasteiger partial charge in [0, 0.05) is 11.5 Å². The van der Waals surface area contributed by atoms with Gasteiger partial charge in [0.05, 0.1) is 12.5 Å². The van der Waals surface area contributed by atoms with Crippen molar-refractivity contribution < 1.29 is 28.6 Å². The minimum Gasteiger partial charge on any atom is -0.463 e. The van der Waals surface area contributed by atoms with Crippen molar-refractivity contribution in [2.75, 3.05) is 13.2 Å². The Balaban J connectivity index is 1.53. The zero-order valence-corrected chi connectivity index (χ0v) is 13.3. The monoisotopic (exact) mass is 322 g/mol. The molecule has 2 saturated heterocycles. The Kier molecular flexibility index (Phi) is 4.41. The highest BCUT2D eigenvalue weighted by Crippen LogP contribution is 2.50. The average Bonchev–Trinajstić information content (AvgIpc) is 2.65. The van der Waals surface area contributed by atoms with E-state index < -0.39 is 18.5 Å². The molecule has 0 aromatic carbocycles. The summed E-state index contributed by atoms with van der Waals surface area (Å²) >= 11 is 0. The van der Waals surface area contributed by atoms with Crippen molar-refractivity contribution in [1.29, 1.82) is 0 Å².